The molecule has 5 nitrogen and oxygen atoms in total. The number of benzene rings is 1. The molecule has 0 radical (unpaired) electrons. The minimum absolute atomic E-state index is 0.0281. The number of thioether (sulfide) groups is 1. The molecule has 1 heterocycles. The molecule has 0 N–H and O–H groups in total. The third-order valence-electron chi connectivity index (χ3n) is 3.76. The number of amides is 2. The van der Waals surface area contributed by atoms with E-state index in [9.17, 15) is 9.59 Å². The highest BCUT2D eigenvalue weighted by molar-refractivity contribution is 14.1. The van der Waals surface area contributed by atoms with Crippen LogP contribution in [0, 0.1) is 3.57 Å². The smallest absolute Gasteiger partial charge is 0.293 e. The molecule has 25 heavy (non-hydrogen) atoms. The van der Waals surface area contributed by atoms with Crippen molar-refractivity contribution in [2.75, 3.05) is 7.11 Å². The second kappa shape index (κ2) is 8.44. The van der Waals surface area contributed by atoms with Crippen LogP contribution in [0.3, 0.4) is 0 Å². The highest BCUT2D eigenvalue weighted by atomic mass is 127. The fraction of sp³-hybridized carbons (Fsp3) is 0.444. The lowest BCUT2D eigenvalue weighted by Gasteiger charge is -2.19. The summed E-state index contributed by atoms with van der Waals surface area (Å²) in [7, 11) is 1.58. The Morgan fingerprint density at radius 1 is 1.28 bits per heavy atom. The van der Waals surface area contributed by atoms with Crippen molar-refractivity contribution in [3.05, 3.63) is 26.2 Å². The first-order chi connectivity index (χ1) is 11.8. The van der Waals surface area contributed by atoms with E-state index in [0.717, 1.165) is 27.3 Å². The molecule has 2 rings (SSSR count). The third-order valence-corrected chi connectivity index (χ3v) is 5.44. The Morgan fingerprint density at radius 3 is 2.52 bits per heavy atom. The van der Waals surface area contributed by atoms with Crippen LogP contribution in [-0.2, 0) is 4.79 Å². The molecule has 7 heteroatoms. The molecule has 2 amide bonds. The molecule has 136 valence electrons. The van der Waals surface area contributed by atoms with Crippen LogP contribution in [0.25, 0.3) is 6.08 Å². The first kappa shape index (κ1) is 20.1. The van der Waals surface area contributed by atoms with Crippen LogP contribution in [0.5, 0.6) is 11.5 Å². The summed E-state index contributed by atoms with van der Waals surface area (Å²) < 4.78 is 12.1. The Kier molecular flexibility index (Phi) is 6.79. The number of hydrogen-bond acceptors (Lipinski definition) is 5. The van der Waals surface area contributed by atoms with Gasteiger partial charge in [0.05, 0.1) is 21.7 Å². The lowest BCUT2D eigenvalue weighted by Crippen LogP contribution is -2.36. The van der Waals surface area contributed by atoms with Gasteiger partial charge >= 0.3 is 0 Å². The summed E-state index contributed by atoms with van der Waals surface area (Å²) >= 11 is 3.16. The standard InChI is InChI=1S/C18H22INO4S/c1-6-11(4)20-17(21)15(25-18(20)22)9-12-7-13(19)16(24-10(2)3)14(8-12)23-5/h7-11H,6H2,1-5H3/b15-9+/t11-/m1/s1. The summed E-state index contributed by atoms with van der Waals surface area (Å²) in [4.78, 5) is 26.4. The van der Waals surface area contributed by atoms with Gasteiger partial charge in [-0.15, -0.1) is 0 Å². The minimum atomic E-state index is -0.235. The molecule has 0 aromatic heterocycles. The van der Waals surface area contributed by atoms with Gasteiger partial charge in [-0.1, -0.05) is 6.92 Å². The zero-order valence-electron chi connectivity index (χ0n) is 15.0. The van der Waals surface area contributed by atoms with E-state index in [1.54, 1.807) is 13.2 Å². The second-order valence-corrected chi connectivity index (χ2v) is 8.17. The first-order valence-electron chi connectivity index (χ1n) is 8.09. The summed E-state index contributed by atoms with van der Waals surface area (Å²) in [6, 6.07) is 3.63. The van der Waals surface area contributed by atoms with E-state index < -0.39 is 0 Å². The SMILES string of the molecule is CC[C@@H](C)N1C(=O)S/C(=C/c2cc(I)c(OC(C)C)c(OC)c2)C1=O. The summed E-state index contributed by atoms with van der Waals surface area (Å²) in [5.41, 5.74) is 0.798. The van der Waals surface area contributed by atoms with E-state index in [2.05, 4.69) is 22.6 Å². The van der Waals surface area contributed by atoms with Gasteiger partial charge < -0.3 is 9.47 Å². The van der Waals surface area contributed by atoms with Gasteiger partial charge in [0.15, 0.2) is 11.5 Å². The molecule has 1 saturated heterocycles. The van der Waals surface area contributed by atoms with Crippen LogP contribution in [0.2, 0.25) is 0 Å². The molecule has 1 aliphatic heterocycles. The van der Waals surface area contributed by atoms with Gasteiger partial charge in [-0.3, -0.25) is 14.5 Å². The highest BCUT2D eigenvalue weighted by Crippen LogP contribution is 2.38. The van der Waals surface area contributed by atoms with Gasteiger partial charge in [0.2, 0.25) is 0 Å². The average Bonchev–Trinajstić information content (AvgIpc) is 2.82. The summed E-state index contributed by atoms with van der Waals surface area (Å²) in [6.45, 7) is 7.74. The Balaban J connectivity index is 2.37. The highest BCUT2D eigenvalue weighted by Gasteiger charge is 2.37. The van der Waals surface area contributed by atoms with Crippen molar-refractivity contribution in [3.63, 3.8) is 0 Å². The molecule has 1 aromatic rings. The summed E-state index contributed by atoms with van der Waals surface area (Å²) in [5.74, 6) is 1.05. The fourth-order valence-electron chi connectivity index (χ4n) is 2.37. The molecule has 1 atom stereocenters. The van der Waals surface area contributed by atoms with E-state index in [4.69, 9.17) is 9.47 Å². The van der Waals surface area contributed by atoms with Crippen molar-refractivity contribution in [2.24, 2.45) is 0 Å². The monoisotopic (exact) mass is 475 g/mol. The van der Waals surface area contributed by atoms with E-state index in [0.29, 0.717) is 16.4 Å². The largest absolute Gasteiger partial charge is 0.493 e. The van der Waals surface area contributed by atoms with Gasteiger partial charge in [-0.25, -0.2) is 0 Å². The maximum atomic E-state index is 12.5. The molecule has 0 aliphatic carbocycles. The van der Waals surface area contributed by atoms with E-state index in [1.165, 1.54) is 4.90 Å². The fourth-order valence-corrected chi connectivity index (χ4v) is 4.05. The van der Waals surface area contributed by atoms with E-state index in [-0.39, 0.29) is 23.3 Å². The Labute approximate surface area is 166 Å². The van der Waals surface area contributed by atoms with Crippen LogP contribution >= 0.6 is 34.4 Å². The van der Waals surface area contributed by atoms with Crippen molar-refractivity contribution < 1.29 is 19.1 Å². The summed E-state index contributed by atoms with van der Waals surface area (Å²) in [6.07, 6.45) is 2.50. The van der Waals surface area contributed by atoms with Gasteiger partial charge in [0.25, 0.3) is 11.1 Å². The number of nitrogens with zero attached hydrogens (tertiary/aromatic N) is 1. The van der Waals surface area contributed by atoms with Crippen LogP contribution in [-0.4, -0.2) is 35.3 Å². The molecule has 1 fully saturated rings. The predicted octanol–water partition coefficient (Wildman–Crippen LogP) is 4.92. The van der Waals surface area contributed by atoms with Crippen molar-refractivity contribution in [2.45, 2.75) is 46.3 Å². The van der Waals surface area contributed by atoms with Gasteiger partial charge in [-0.05, 0) is 85.3 Å². The Bertz CT molecular complexity index is 717. The van der Waals surface area contributed by atoms with Gasteiger partial charge in [0, 0.05) is 6.04 Å². The minimum Gasteiger partial charge on any atom is -0.493 e. The molecular weight excluding hydrogens is 453 g/mol. The third kappa shape index (κ3) is 4.49. The molecule has 0 saturated carbocycles. The lowest BCUT2D eigenvalue weighted by atomic mass is 10.1. The number of halogens is 1. The normalized spacial score (nSPS) is 17.6. The molecule has 1 aliphatic rings. The molecule has 0 bridgehead atoms. The van der Waals surface area contributed by atoms with Crippen molar-refractivity contribution >= 4 is 51.6 Å². The Morgan fingerprint density at radius 2 is 1.96 bits per heavy atom. The number of ether oxygens (including phenoxy) is 2. The Hall–Kier alpha value is -1.22. The zero-order valence-corrected chi connectivity index (χ0v) is 17.9. The van der Waals surface area contributed by atoms with Crippen molar-refractivity contribution in [1.82, 2.24) is 4.90 Å². The lowest BCUT2D eigenvalue weighted by molar-refractivity contribution is -0.124. The maximum Gasteiger partial charge on any atom is 0.293 e. The van der Waals surface area contributed by atoms with Crippen molar-refractivity contribution in [1.29, 1.82) is 0 Å². The topological polar surface area (TPSA) is 55.8 Å². The second-order valence-electron chi connectivity index (χ2n) is 6.01. The molecule has 1 aromatic carbocycles. The van der Waals surface area contributed by atoms with Crippen LogP contribution in [0.4, 0.5) is 4.79 Å². The quantitative estimate of drug-likeness (QED) is 0.432. The van der Waals surface area contributed by atoms with Gasteiger partial charge in [-0.2, -0.15) is 0 Å². The van der Waals surface area contributed by atoms with E-state index in [1.807, 2.05) is 39.8 Å². The molecule has 0 spiro atoms. The number of carbonyl (C=O) groups is 2. The number of methoxy groups -OCH3 is 1. The van der Waals surface area contributed by atoms with Crippen LogP contribution in [0.1, 0.15) is 39.7 Å². The average molecular weight is 475 g/mol. The number of carbonyl (C=O) groups excluding carboxylic acids is 2. The first-order valence-corrected chi connectivity index (χ1v) is 9.99. The maximum absolute atomic E-state index is 12.5. The number of imide groups is 1. The van der Waals surface area contributed by atoms with Crippen molar-refractivity contribution in [3.8, 4) is 11.5 Å². The van der Waals surface area contributed by atoms with Crippen LogP contribution in [0.15, 0.2) is 17.0 Å². The predicted molar refractivity (Wildman–Crippen MR) is 109 cm³/mol. The zero-order chi connectivity index (χ0) is 18.7. The van der Waals surface area contributed by atoms with E-state index >= 15 is 0 Å². The number of hydrogen-bond donors (Lipinski definition) is 0. The molecule has 0 unspecified atom stereocenters. The van der Waals surface area contributed by atoms with Gasteiger partial charge in [0.1, 0.15) is 0 Å². The number of rotatable bonds is 6. The summed E-state index contributed by atoms with van der Waals surface area (Å²) in [5, 5.41) is -0.216. The molecular formula is C18H22INO4S. The van der Waals surface area contributed by atoms with Crippen LogP contribution < -0.4 is 9.47 Å².